The second-order valence-electron chi connectivity index (χ2n) is 3.99. The molecule has 0 unspecified atom stereocenters. The molecule has 2 aromatic rings. The number of nitrogens with zero attached hydrogens (tertiary/aromatic N) is 2. The molecular weight excluding hydrogens is 278 g/mol. The molecule has 0 atom stereocenters. The third-order valence-corrected chi connectivity index (χ3v) is 3.43. The van der Waals surface area contributed by atoms with Crippen LogP contribution in [0.25, 0.3) is 0 Å². The molecule has 2 N–H and O–H groups in total. The van der Waals surface area contributed by atoms with Crippen LogP contribution in [0.2, 0.25) is 0 Å². The van der Waals surface area contributed by atoms with Gasteiger partial charge in [-0.1, -0.05) is 41.7 Å². The third-order valence-electron chi connectivity index (χ3n) is 2.46. The van der Waals surface area contributed by atoms with Crippen molar-refractivity contribution >= 4 is 17.4 Å². The molecule has 6 nitrogen and oxygen atoms in total. The van der Waals surface area contributed by atoms with Gasteiger partial charge in [0.1, 0.15) is 16.6 Å². The number of aliphatic hydroxyl groups is 1. The van der Waals surface area contributed by atoms with Crippen LogP contribution in [0.5, 0.6) is 0 Å². The largest absolute Gasteiger partial charge is 0.445 e. The van der Waals surface area contributed by atoms with Crippen LogP contribution in [0.4, 0.5) is 4.79 Å². The lowest BCUT2D eigenvalue weighted by Crippen LogP contribution is -2.26. The Hall–Kier alpha value is -1.99. The van der Waals surface area contributed by atoms with E-state index in [0.717, 1.165) is 10.6 Å². The van der Waals surface area contributed by atoms with E-state index in [1.165, 1.54) is 11.3 Å². The standard InChI is InChI=1S/C13H15N3O3S/c17-8-12-16-15-11(20-12)6-7-14-13(18)19-9-10-4-2-1-3-5-10/h1-5,17H,6-9H2,(H,14,18). The Morgan fingerprint density at radius 2 is 2.00 bits per heavy atom. The van der Waals surface area contributed by atoms with Crippen LogP contribution in [0, 0.1) is 0 Å². The minimum Gasteiger partial charge on any atom is -0.445 e. The highest BCUT2D eigenvalue weighted by Gasteiger charge is 2.05. The first-order valence-corrected chi connectivity index (χ1v) is 6.96. The van der Waals surface area contributed by atoms with E-state index in [1.807, 2.05) is 30.3 Å². The van der Waals surface area contributed by atoms with E-state index in [0.29, 0.717) is 18.0 Å². The molecule has 1 amide bonds. The summed E-state index contributed by atoms with van der Waals surface area (Å²) >= 11 is 1.33. The molecule has 0 saturated carbocycles. The summed E-state index contributed by atoms with van der Waals surface area (Å²) in [6.07, 6.45) is 0.110. The van der Waals surface area contributed by atoms with Gasteiger partial charge in [-0.05, 0) is 5.56 Å². The summed E-state index contributed by atoms with van der Waals surface area (Å²) in [5, 5.41) is 20.5. The Kier molecular flexibility index (Phi) is 5.45. The smallest absolute Gasteiger partial charge is 0.407 e. The summed E-state index contributed by atoms with van der Waals surface area (Å²) in [7, 11) is 0. The van der Waals surface area contributed by atoms with Gasteiger partial charge in [0, 0.05) is 13.0 Å². The molecule has 0 bridgehead atoms. The van der Waals surface area contributed by atoms with Gasteiger partial charge in [0.05, 0.1) is 6.61 Å². The minimum absolute atomic E-state index is 0.107. The first-order chi connectivity index (χ1) is 9.78. The number of carbonyl (C=O) groups excluding carboxylic acids is 1. The van der Waals surface area contributed by atoms with Crippen molar-refractivity contribution in [3.63, 3.8) is 0 Å². The molecule has 1 heterocycles. The van der Waals surface area contributed by atoms with Gasteiger partial charge in [0.25, 0.3) is 0 Å². The van der Waals surface area contributed by atoms with Gasteiger partial charge in [-0.15, -0.1) is 10.2 Å². The van der Waals surface area contributed by atoms with E-state index in [-0.39, 0.29) is 13.2 Å². The van der Waals surface area contributed by atoms with Crippen LogP contribution in [0.1, 0.15) is 15.6 Å². The van der Waals surface area contributed by atoms with E-state index >= 15 is 0 Å². The molecule has 2 rings (SSSR count). The van der Waals surface area contributed by atoms with E-state index < -0.39 is 6.09 Å². The maximum Gasteiger partial charge on any atom is 0.407 e. The molecule has 1 aromatic heterocycles. The van der Waals surface area contributed by atoms with Crippen LogP contribution in [-0.2, 0) is 24.4 Å². The molecular formula is C13H15N3O3S. The zero-order valence-electron chi connectivity index (χ0n) is 10.8. The first kappa shape index (κ1) is 14.4. The van der Waals surface area contributed by atoms with Gasteiger partial charge in [-0.2, -0.15) is 0 Å². The van der Waals surface area contributed by atoms with Crippen LogP contribution in [0.15, 0.2) is 30.3 Å². The summed E-state index contributed by atoms with van der Waals surface area (Å²) in [5.74, 6) is 0. The number of ether oxygens (including phenoxy) is 1. The van der Waals surface area contributed by atoms with Crippen LogP contribution in [0.3, 0.4) is 0 Å². The van der Waals surface area contributed by atoms with Crippen molar-refractivity contribution in [2.75, 3.05) is 6.54 Å². The fraction of sp³-hybridized carbons (Fsp3) is 0.308. The zero-order valence-corrected chi connectivity index (χ0v) is 11.6. The fourth-order valence-electron chi connectivity index (χ4n) is 1.50. The predicted molar refractivity (Wildman–Crippen MR) is 74.2 cm³/mol. The monoisotopic (exact) mass is 293 g/mol. The van der Waals surface area contributed by atoms with Crippen molar-refractivity contribution in [1.82, 2.24) is 15.5 Å². The van der Waals surface area contributed by atoms with Gasteiger partial charge in [0.15, 0.2) is 0 Å². The molecule has 7 heteroatoms. The molecule has 0 aliphatic heterocycles. The SMILES string of the molecule is O=C(NCCc1nnc(CO)s1)OCc1ccccc1. The van der Waals surface area contributed by atoms with Gasteiger partial charge in [0.2, 0.25) is 0 Å². The van der Waals surface area contributed by atoms with Gasteiger partial charge in [-0.25, -0.2) is 4.79 Å². The predicted octanol–water partition coefficient (Wildman–Crippen LogP) is 1.50. The fourth-order valence-corrected chi connectivity index (χ4v) is 2.20. The molecule has 1 aromatic carbocycles. The van der Waals surface area contributed by atoms with Crippen LogP contribution >= 0.6 is 11.3 Å². The quantitative estimate of drug-likeness (QED) is 0.843. The number of nitrogens with one attached hydrogen (secondary N) is 1. The Morgan fingerprint density at radius 1 is 1.25 bits per heavy atom. The van der Waals surface area contributed by atoms with Crippen molar-refractivity contribution in [3.05, 3.63) is 45.9 Å². The molecule has 0 saturated heterocycles. The average molecular weight is 293 g/mol. The van der Waals surface area contributed by atoms with Crippen molar-refractivity contribution in [2.24, 2.45) is 0 Å². The first-order valence-electron chi connectivity index (χ1n) is 6.14. The summed E-state index contributed by atoms with van der Waals surface area (Å²) < 4.78 is 5.07. The molecule has 0 spiro atoms. The third kappa shape index (κ3) is 4.60. The van der Waals surface area contributed by atoms with E-state index in [9.17, 15) is 4.79 Å². The molecule has 0 aliphatic rings. The lowest BCUT2D eigenvalue weighted by molar-refractivity contribution is 0.140. The van der Waals surface area contributed by atoms with E-state index in [4.69, 9.17) is 9.84 Å². The second kappa shape index (κ2) is 7.56. The number of hydrogen-bond donors (Lipinski definition) is 2. The Balaban J connectivity index is 1.65. The maximum atomic E-state index is 11.5. The van der Waals surface area contributed by atoms with E-state index in [2.05, 4.69) is 15.5 Å². The van der Waals surface area contributed by atoms with Crippen molar-refractivity contribution < 1.29 is 14.6 Å². The second-order valence-corrected chi connectivity index (χ2v) is 5.13. The average Bonchev–Trinajstić information content (AvgIpc) is 2.94. The summed E-state index contributed by atoms with van der Waals surface area (Å²) in [4.78, 5) is 11.5. The lowest BCUT2D eigenvalue weighted by Gasteiger charge is -2.06. The number of rotatable bonds is 6. The minimum atomic E-state index is -0.458. The van der Waals surface area contributed by atoms with Crippen molar-refractivity contribution in [2.45, 2.75) is 19.6 Å². The number of carbonyl (C=O) groups is 1. The molecule has 0 fully saturated rings. The van der Waals surface area contributed by atoms with Crippen molar-refractivity contribution in [1.29, 1.82) is 0 Å². The summed E-state index contributed by atoms with van der Waals surface area (Å²) in [6.45, 7) is 0.567. The zero-order chi connectivity index (χ0) is 14.2. The summed E-state index contributed by atoms with van der Waals surface area (Å²) in [6, 6.07) is 9.48. The number of amides is 1. The summed E-state index contributed by atoms with van der Waals surface area (Å²) in [5.41, 5.74) is 0.944. The topological polar surface area (TPSA) is 84.3 Å². The Morgan fingerprint density at radius 3 is 2.70 bits per heavy atom. The lowest BCUT2D eigenvalue weighted by atomic mass is 10.2. The highest BCUT2D eigenvalue weighted by atomic mass is 32.1. The number of benzene rings is 1. The normalized spacial score (nSPS) is 10.2. The van der Waals surface area contributed by atoms with Crippen LogP contribution < -0.4 is 5.32 Å². The number of aliphatic hydroxyl groups excluding tert-OH is 1. The van der Waals surface area contributed by atoms with E-state index in [1.54, 1.807) is 0 Å². The highest BCUT2D eigenvalue weighted by Crippen LogP contribution is 2.09. The molecule has 106 valence electrons. The molecule has 0 radical (unpaired) electrons. The van der Waals surface area contributed by atoms with Gasteiger partial charge < -0.3 is 15.2 Å². The van der Waals surface area contributed by atoms with Crippen molar-refractivity contribution in [3.8, 4) is 0 Å². The number of aromatic nitrogens is 2. The highest BCUT2D eigenvalue weighted by molar-refractivity contribution is 7.11. The van der Waals surface area contributed by atoms with Gasteiger partial charge in [-0.3, -0.25) is 0 Å². The maximum absolute atomic E-state index is 11.5. The Bertz CT molecular complexity index is 545. The number of hydrogen-bond acceptors (Lipinski definition) is 6. The Labute approximate surface area is 120 Å². The van der Waals surface area contributed by atoms with Gasteiger partial charge >= 0.3 is 6.09 Å². The number of alkyl carbamates (subject to hydrolysis) is 1. The molecule has 0 aliphatic carbocycles. The molecule has 20 heavy (non-hydrogen) atoms. The van der Waals surface area contributed by atoms with Crippen LogP contribution in [-0.4, -0.2) is 27.9 Å².